The molecular formula is C31H36N6O4. The zero-order chi connectivity index (χ0) is 28.9. The highest BCUT2D eigenvalue weighted by atomic mass is 16.5. The number of likely N-dealkylation sites (N-methyl/N-ethyl adjacent to an activating group) is 2. The summed E-state index contributed by atoms with van der Waals surface area (Å²) in [5, 5.41) is 3.91. The summed E-state index contributed by atoms with van der Waals surface area (Å²) in [5.41, 5.74) is 5.25. The molecular weight excluding hydrogens is 520 g/mol. The van der Waals surface area contributed by atoms with E-state index < -0.39 is 0 Å². The summed E-state index contributed by atoms with van der Waals surface area (Å²) in [6.45, 7) is 3.27. The first-order valence-corrected chi connectivity index (χ1v) is 13.6. The molecule has 0 aliphatic carbocycles. The number of H-pyrrole nitrogens is 1. The fraction of sp³-hybridized carbons (Fsp3) is 0.323. The van der Waals surface area contributed by atoms with Gasteiger partial charge < -0.3 is 34.5 Å². The zero-order valence-corrected chi connectivity index (χ0v) is 23.9. The van der Waals surface area contributed by atoms with Crippen LogP contribution in [0.1, 0.15) is 10.4 Å². The van der Waals surface area contributed by atoms with Crippen molar-refractivity contribution in [2.45, 2.75) is 0 Å². The Hall–Kier alpha value is -4.41. The third kappa shape index (κ3) is 6.18. The molecule has 0 atom stereocenters. The fourth-order valence-corrected chi connectivity index (χ4v) is 4.88. The van der Waals surface area contributed by atoms with Gasteiger partial charge >= 0.3 is 6.03 Å². The molecule has 2 aromatic carbocycles. The van der Waals surface area contributed by atoms with Gasteiger partial charge in [0.25, 0.3) is 5.91 Å². The van der Waals surface area contributed by atoms with Crippen LogP contribution in [0.4, 0.5) is 10.5 Å². The number of carbonyl (C=O) groups is 2. The number of hydrogen-bond donors (Lipinski definition) is 2. The second-order valence-electron chi connectivity index (χ2n) is 10.3. The number of pyridine rings is 1. The fourth-order valence-electron chi connectivity index (χ4n) is 4.88. The number of ether oxygens (including phenoxy) is 2. The lowest BCUT2D eigenvalue weighted by atomic mass is 9.99. The number of fused-ring (bicyclic) bond motifs is 1. The summed E-state index contributed by atoms with van der Waals surface area (Å²) < 4.78 is 11.0. The third-order valence-electron chi connectivity index (χ3n) is 7.28. The number of nitrogens with one attached hydrogen (secondary N) is 2. The first kappa shape index (κ1) is 28.1. The van der Waals surface area contributed by atoms with Gasteiger partial charge in [0, 0.05) is 67.7 Å². The molecule has 214 valence electrons. The lowest BCUT2D eigenvalue weighted by Crippen LogP contribution is -2.43. The van der Waals surface area contributed by atoms with Crippen LogP contribution < -0.4 is 10.1 Å². The van der Waals surface area contributed by atoms with Crippen LogP contribution in [0.3, 0.4) is 0 Å². The van der Waals surface area contributed by atoms with Crippen molar-refractivity contribution in [1.82, 2.24) is 24.7 Å². The monoisotopic (exact) mass is 556 g/mol. The van der Waals surface area contributed by atoms with E-state index in [4.69, 9.17) is 9.47 Å². The van der Waals surface area contributed by atoms with Crippen molar-refractivity contribution in [3.8, 4) is 28.0 Å². The molecule has 1 saturated heterocycles. The Morgan fingerprint density at radius 1 is 1.02 bits per heavy atom. The molecule has 2 N–H and O–H groups in total. The molecule has 4 aromatic rings. The third-order valence-corrected chi connectivity index (χ3v) is 7.28. The topological polar surface area (TPSA) is 103 Å². The van der Waals surface area contributed by atoms with E-state index in [1.807, 2.05) is 61.6 Å². The van der Waals surface area contributed by atoms with E-state index in [-0.39, 0.29) is 11.9 Å². The molecule has 10 nitrogen and oxygen atoms in total. The molecule has 2 aromatic heterocycles. The van der Waals surface area contributed by atoms with Crippen LogP contribution in [0.5, 0.6) is 5.75 Å². The van der Waals surface area contributed by atoms with E-state index in [2.05, 4.69) is 21.4 Å². The summed E-state index contributed by atoms with van der Waals surface area (Å²) >= 11 is 0. The predicted octanol–water partition coefficient (Wildman–Crippen LogP) is 4.40. The number of carbonyl (C=O) groups excluding carboxylic acids is 2. The van der Waals surface area contributed by atoms with Gasteiger partial charge in [-0.3, -0.25) is 4.79 Å². The van der Waals surface area contributed by atoms with Gasteiger partial charge in [-0.05, 0) is 43.9 Å². The maximum absolute atomic E-state index is 13.7. The van der Waals surface area contributed by atoms with E-state index >= 15 is 0 Å². The van der Waals surface area contributed by atoms with E-state index in [0.717, 1.165) is 45.6 Å². The number of amides is 3. The molecule has 5 rings (SSSR count). The van der Waals surface area contributed by atoms with E-state index in [0.29, 0.717) is 44.1 Å². The molecule has 1 fully saturated rings. The molecule has 10 heteroatoms. The van der Waals surface area contributed by atoms with Crippen LogP contribution in [-0.2, 0) is 4.74 Å². The van der Waals surface area contributed by atoms with Gasteiger partial charge in [0.2, 0.25) is 0 Å². The number of para-hydroxylation sites is 1. The van der Waals surface area contributed by atoms with Crippen LogP contribution in [0.2, 0.25) is 0 Å². The van der Waals surface area contributed by atoms with Gasteiger partial charge in [-0.25, -0.2) is 9.78 Å². The summed E-state index contributed by atoms with van der Waals surface area (Å²) in [7, 11) is 7.37. The van der Waals surface area contributed by atoms with Gasteiger partial charge in [0.1, 0.15) is 11.4 Å². The summed E-state index contributed by atoms with van der Waals surface area (Å²) in [6.07, 6.45) is 3.72. The number of anilines is 1. The number of methoxy groups -OCH3 is 1. The van der Waals surface area contributed by atoms with Gasteiger partial charge in [0.05, 0.1) is 31.6 Å². The molecule has 0 bridgehead atoms. The van der Waals surface area contributed by atoms with E-state index in [9.17, 15) is 9.59 Å². The molecule has 0 saturated carbocycles. The lowest BCUT2D eigenvalue weighted by Gasteiger charge is -2.28. The van der Waals surface area contributed by atoms with Crippen molar-refractivity contribution in [3.63, 3.8) is 0 Å². The smallest absolute Gasteiger partial charge is 0.322 e. The number of nitrogens with zero attached hydrogens (tertiary/aromatic N) is 4. The standard InChI is InChI=1S/C31H36N6O4/c1-35(2)11-12-36(3)30(38)25-17-21(9-10-27(25)34-31(39)37-13-15-41-16-14-37)22-18-24-26(20-33-29(24)32-19-22)23-7-5-6-8-28(23)40-4/h5-10,17-20H,11-16H2,1-4H3,(H,32,33)(H,34,39). The molecule has 1 aliphatic rings. The Bertz CT molecular complexity index is 1540. The maximum atomic E-state index is 13.7. The van der Waals surface area contributed by atoms with Crippen LogP contribution in [-0.4, -0.2) is 104 Å². The van der Waals surface area contributed by atoms with Crippen LogP contribution in [0.15, 0.2) is 60.9 Å². The van der Waals surface area contributed by atoms with Crippen molar-refractivity contribution in [2.75, 3.05) is 73.0 Å². The van der Waals surface area contributed by atoms with Crippen molar-refractivity contribution in [3.05, 3.63) is 66.5 Å². The minimum Gasteiger partial charge on any atom is -0.496 e. The second-order valence-corrected chi connectivity index (χ2v) is 10.3. The van der Waals surface area contributed by atoms with Crippen molar-refractivity contribution < 1.29 is 19.1 Å². The predicted molar refractivity (Wildman–Crippen MR) is 160 cm³/mol. The summed E-state index contributed by atoms with van der Waals surface area (Å²) in [6, 6.07) is 15.2. The minimum absolute atomic E-state index is 0.170. The van der Waals surface area contributed by atoms with Crippen LogP contribution in [0.25, 0.3) is 33.3 Å². The van der Waals surface area contributed by atoms with Gasteiger partial charge in [-0.15, -0.1) is 0 Å². The van der Waals surface area contributed by atoms with Gasteiger partial charge in [0.15, 0.2) is 0 Å². The number of aromatic nitrogens is 2. The number of hydrogen-bond acceptors (Lipinski definition) is 6. The molecule has 0 unspecified atom stereocenters. The molecule has 3 heterocycles. The highest BCUT2D eigenvalue weighted by molar-refractivity contribution is 6.05. The SMILES string of the molecule is COc1ccccc1-c1c[nH]c2ncc(-c3ccc(NC(=O)N4CCOCC4)c(C(=O)N(C)CCN(C)C)c3)cc12. The number of urea groups is 1. The van der Waals surface area contributed by atoms with E-state index in [1.54, 1.807) is 36.2 Å². The molecule has 0 radical (unpaired) electrons. The van der Waals surface area contributed by atoms with Gasteiger partial charge in [-0.2, -0.15) is 0 Å². The first-order chi connectivity index (χ1) is 19.9. The number of morpholine rings is 1. The Kier molecular flexibility index (Phi) is 8.51. The second kappa shape index (κ2) is 12.4. The Morgan fingerprint density at radius 3 is 2.56 bits per heavy atom. The first-order valence-electron chi connectivity index (χ1n) is 13.6. The largest absolute Gasteiger partial charge is 0.496 e. The average molecular weight is 557 g/mol. The maximum Gasteiger partial charge on any atom is 0.322 e. The normalized spacial score (nSPS) is 13.4. The quantitative estimate of drug-likeness (QED) is 0.334. The molecule has 41 heavy (non-hydrogen) atoms. The Balaban J connectivity index is 1.52. The average Bonchev–Trinajstić information content (AvgIpc) is 3.43. The summed E-state index contributed by atoms with van der Waals surface area (Å²) in [4.78, 5) is 40.0. The van der Waals surface area contributed by atoms with Crippen molar-refractivity contribution >= 4 is 28.7 Å². The van der Waals surface area contributed by atoms with Crippen molar-refractivity contribution in [1.29, 1.82) is 0 Å². The molecule has 3 amide bonds. The summed E-state index contributed by atoms with van der Waals surface area (Å²) in [5.74, 6) is 0.601. The number of benzene rings is 2. The highest BCUT2D eigenvalue weighted by Gasteiger charge is 2.22. The van der Waals surface area contributed by atoms with Crippen LogP contribution >= 0.6 is 0 Å². The molecule has 1 aliphatic heterocycles. The zero-order valence-electron chi connectivity index (χ0n) is 23.9. The highest BCUT2D eigenvalue weighted by Crippen LogP contribution is 2.36. The number of aromatic amines is 1. The van der Waals surface area contributed by atoms with E-state index in [1.165, 1.54) is 0 Å². The van der Waals surface area contributed by atoms with Gasteiger partial charge in [-0.1, -0.05) is 24.3 Å². The molecule has 0 spiro atoms. The minimum atomic E-state index is -0.247. The van der Waals surface area contributed by atoms with Crippen LogP contribution in [0, 0.1) is 0 Å². The lowest BCUT2D eigenvalue weighted by molar-refractivity contribution is 0.0564. The Morgan fingerprint density at radius 2 is 1.80 bits per heavy atom. The van der Waals surface area contributed by atoms with Crippen molar-refractivity contribution in [2.24, 2.45) is 0 Å². The Labute approximate surface area is 239 Å². The number of rotatable bonds is 8.